The Kier molecular flexibility index (Phi) is 7.83. The van der Waals surface area contributed by atoms with E-state index >= 15 is 0 Å². The summed E-state index contributed by atoms with van der Waals surface area (Å²) in [6, 6.07) is 19.4. The molecule has 2 N–H and O–H groups in total. The van der Waals surface area contributed by atoms with Gasteiger partial charge in [0.05, 0.1) is 5.69 Å². The van der Waals surface area contributed by atoms with Gasteiger partial charge in [0.15, 0.2) is 5.13 Å². The van der Waals surface area contributed by atoms with Crippen LogP contribution in [0.4, 0.5) is 5.13 Å². The predicted octanol–water partition coefficient (Wildman–Crippen LogP) is 3.95. The van der Waals surface area contributed by atoms with Crippen molar-refractivity contribution in [3.05, 3.63) is 82.9 Å². The Balaban J connectivity index is 0.000000210. The van der Waals surface area contributed by atoms with E-state index in [1.54, 1.807) is 41.7 Å². The minimum absolute atomic E-state index is 0.0806. The third kappa shape index (κ3) is 6.36. The number of anilines is 1. The standard InChI is InChI=1S/C16H21N3S.C7H8O3S/c1-19(2)15-18-14(12-20-15)16(8-10-17-11-9-16)13-6-4-3-5-7-13;8-11(9,10)6-7-4-2-1-3-5-7/h3-7,12,17H,8-11H2,1-2H3;1-5H,6H2,(H,8,9,10). The fourth-order valence-electron chi connectivity index (χ4n) is 3.78. The van der Waals surface area contributed by atoms with Gasteiger partial charge in [0.25, 0.3) is 10.1 Å². The largest absolute Gasteiger partial charge is 0.354 e. The first-order valence-corrected chi connectivity index (χ1v) is 12.7. The van der Waals surface area contributed by atoms with Gasteiger partial charge in [-0.1, -0.05) is 60.7 Å². The number of nitrogens with zero attached hydrogens (tertiary/aromatic N) is 2. The second-order valence-corrected chi connectivity index (χ2v) is 10.1. The molecule has 166 valence electrons. The highest BCUT2D eigenvalue weighted by Crippen LogP contribution is 2.41. The van der Waals surface area contributed by atoms with E-state index in [9.17, 15) is 8.42 Å². The second kappa shape index (κ2) is 10.4. The molecule has 1 aliphatic rings. The molecular formula is C23H29N3O3S2. The molecule has 31 heavy (non-hydrogen) atoms. The summed E-state index contributed by atoms with van der Waals surface area (Å²) in [6.45, 7) is 2.12. The Labute approximate surface area is 188 Å². The quantitative estimate of drug-likeness (QED) is 0.562. The minimum atomic E-state index is -3.88. The molecule has 2 aromatic carbocycles. The van der Waals surface area contributed by atoms with Crippen molar-refractivity contribution in [1.29, 1.82) is 0 Å². The van der Waals surface area contributed by atoms with Crippen LogP contribution in [0.15, 0.2) is 66.0 Å². The predicted molar refractivity (Wildman–Crippen MR) is 127 cm³/mol. The molecule has 2 heterocycles. The molecule has 0 radical (unpaired) electrons. The van der Waals surface area contributed by atoms with Crippen LogP contribution >= 0.6 is 11.3 Å². The lowest BCUT2D eigenvalue weighted by Gasteiger charge is -2.37. The highest BCUT2D eigenvalue weighted by molar-refractivity contribution is 7.85. The van der Waals surface area contributed by atoms with Crippen LogP contribution in [0.1, 0.15) is 29.7 Å². The van der Waals surface area contributed by atoms with Crippen molar-refractivity contribution in [3.8, 4) is 0 Å². The van der Waals surface area contributed by atoms with Crippen LogP contribution in [0.3, 0.4) is 0 Å². The first-order valence-electron chi connectivity index (χ1n) is 10.2. The van der Waals surface area contributed by atoms with Crippen molar-refractivity contribution in [2.24, 2.45) is 0 Å². The number of hydrogen-bond donors (Lipinski definition) is 2. The summed E-state index contributed by atoms with van der Waals surface area (Å²) in [5.74, 6) is -0.312. The van der Waals surface area contributed by atoms with Gasteiger partial charge >= 0.3 is 0 Å². The molecule has 0 aliphatic carbocycles. The molecule has 1 aliphatic heterocycles. The maximum absolute atomic E-state index is 10.4. The molecule has 1 saturated heterocycles. The molecule has 8 heteroatoms. The van der Waals surface area contributed by atoms with Gasteiger partial charge in [-0.05, 0) is 37.1 Å². The summed E-state index contributed by atoms with van der Waals surface area (Å²) in [5, 5.41) is 6.81. The smallest absolute Gasteiger partial charge is 0.269 e. The third-order valence-corrected chi connectivity index (χ3v) is 7.05. The lowest BCUT2D eigenvalue weighted by atomic mass is 9.71. The van der Waals surface area contributed by atoms with Crippen molar-refractivity contribution >= 4 is 26.6 Å². The molecule has 0 unspecified atom stereocenters. The average Bonchev–Trinajstić information content (AvgIpc) is 3.26. The second-order valence-electron chi connectivity index (χ2n) is 7.82. The lowest BCUT2D eigenvalue weighted by molar-refractivity contribution is 0.356. The fraction of sp³-hybridized carbons (Fsp3) is 0.348. The van der Waals surface area contributed by atoms with Gasteiger partial charge in [-0.2, -0.15) is 8.42 Å². The molecule has 3 aromatic rings. The number of piperidine rings is 1. The molecule has 0 atom stereocenters. The van der Waals surface area contributed by atoms with Gasteiger partial charge in [-0.3, -0.25) is 4.55 Å². The van der Waals surface area contributed by atoms with E-state index in [4.69, 9.17) is 9.54 Å². The van der Waals surface area contributed by atoms with Crippen LogP contribution in [-0.4, -0.2) is 45.1 Å². The van der Waals surface area contributed by atoms with E-state index < -0.39 is 10.1 Å². The molecule has 0 spiro atoms. The SMILES string of the molecule is CN(C)c1nc(C2(c3ccccc3)CCNCC2)cs1.O=S(=O)(O)Cc1ccccc1. The molecule has 4 rings (SSSR count). The normalized spacial score (nSPS) is 15.6. The van der Waals surface area contributed by atoms with E-state index in [1.165, 1.54) is 11.3 Å². The first kappa shape index (κ1) is 23.4. The number of benzene rings is 2. The van der Waals surface area contributed by atoms with Crippen molar-refractivity contribution < 1.29 is 13.0 Å². The number of rotatable bonds is 5. The molecule has 0 bridgehead atoms. The Morgan fingerprint density at radius 1 is 1.03 bits per heavy atom. The summed E-state index contributed by atoms with van der Waals surface area (Å²) in [5.41, 5.74) is 3.31. The average molecular weight is 460 g/mol. The Morgan fingerprint density at radius 3 is 2.13 bits per heavy atom. The number of thiazole rings is 1. The van der Waals surface area contributed by atoms with Gasteiger partial charge in [0.2, 0.25) is 0 Å². The Morgan fingerprint density at radius 2 is 1.61 bits per heavy atom. The highest BCUT2D eigenvalue weighted by atomic mass is 32.2. The van der Waals surface area contributed by atoms with Gasteiger partial charge in [-0.15, -0.1) is 11.3 Å². The zero-order valence-corrected chi connectivity index (χ0v) is 19.5. The van der Waals surface area contributed by atoms with Crippen LogP contribution < -0.4 is 10.2 Å². The Bertz CT molecular complexity index is 1050. The van der Waals surface area contributed by atoms with E-state index in [-0.39, 0.29) is 11.2 Å². The summed E-state index contributed by atoms with van der Waals surface area (Å²) in [7, 11) is 0.234. The number of aromatic nitrogens is 1. The first-order chi connectivity index (χ1) is 14.8. The fourth-order valence-corrected chi connectivity index (χ4v) is 5.25. The molecule has 0 saturated carbocycles. The molecule has 6 nitrogen and oxygen atoms in total. The number of nitrogens with one attached hydrogen (secondary N) is 1. The van der Waals surface area contributed by atoms with E-state index in [2.05, 4.69) is 60.0 Å². The zero-order chi connectivity index (χ0) is 22.3. The lowest BCUT2D eigenvalue weighted by Crippen LogP contribution is -2.41. The number of hydrogen-bond acceptors (Lipinski definition) is 6. The van der Waals surface area contributed by atoms with Gasteiger partial charge < -0.3 is 10.2 Å². The van der Waals surface area contributed by atoms with Crippen molar-refractivity contribution in [2.75, 3.05) is 32.1 Å². The third-order valence-electron chi connectivity index (χ3n) is 5.34. The highest BCUT2D eigenvalue weighted by Gasteiger charge is 2.37. The van der Waals surface area contributed by atoms with Crippen LogP contribution in [0, 0.1) is 0 Å². The minimum Gasteiger partial charge on any atom is -0.354 e. The Hall–Kier alpha value is -2.26. The van der Waals surface area contributed by atoms with Crippen molar-refractivity contribution in [1.82, 2.24) is 10.3 Å². The summed E-state index contributed by atoms with van der Waals surface area (Å²) in [4.78, 5) is 6.99. The summed E-state index contributed by atoms with van der Waals surface area (Å²) in [6.07, 6.45) is 2.24. The maximum Gasteiger partial charge on any atom is 0.269 e. The van der Waals surface area contributed by atoms with Gasteiger partial charge in [-0.25, -0.2) is 4.98 Å². The van der Waals surface area contributed by atoms with E-state index in [0.717, 1.165) is 31.1 Å². The monoisotopic (exact) mass is 459 g/mol. The topological polar surface area (TPSA) is 82.5 Å². The van der Waals surface area contributed by atoms with E-state index in [1.807, 2.05) is 0 Å². The van der Waals surface area contributed by atoms with E-state index in [0.29, 0.717) is 5.56 Å². The van der Waals surface area contributed by atoms with Crippen LogP contribution in [0.25, 0.3) is 0 Å². The van der Waals surface area contributed by atoms with Crippen LogP contribution in [0.5, 0.6) is 0 Å². The summed E-state index contributed by atoms with van der Waals surface area (Å²) < 4.78 is 29.2. The van der Waals surface area contributed by atoms with Crippen molar-refractivity contribution in [3.63, 3.8) is 0 Å². The molecule has 0 amide bonds. The summed E-state index contributed by atoms with van der Waals surface area (Å²) >= 11 is 1.74. The van der Waals surface area contributed by atoms with Crippen molar-refractivity contribution in [2.45, 2.75) is 24.0 Å². The van der Waals surface area contributed by atoms with Gasteiger partial charge in [0.1, 0.15) is 5.75 Å². The molecule has 1 fully saturated rings. The zero-order valence-electron chi connectivity index (χ0n) is 17.9. The van der Waals surface area contributed by atoms with Gasteiger partial charge in [0, 0.05) is 24.9 Å². The van der Waals surface area contributed by atoms with Crippen LogP contribution in [-0.2, 0) is 21.3 Å². The van der Waals surface area contributed by atoms with Crippen LogP contribution in [0.2, 0.25) is 0 Å². The molecule has 1 aromatic heterocycles. The molecular weight excluding hydrogens is 430 g/mol. The maximum atomic E-state index is 10.4.